The molecular formula is C22H22F3N3O5. The first-order valence-corrected chi connectivity index (χ1v) is 10.5. The first-order valence-electron chi connectivity index (χ1n) is 10.5. The smallest absolute Gasteiger partial charge is 0.416 e. The van der Waals surface area contributed by atoms with Crippen LogP contribution in [0.3, 0.4) is 0 Å². The highest BCUT2D eigenvalue weighted by atomic mass is 19.4. The second-order valence-electron chi connectivity index (χ2n) is 8.52. The van der Waals surface area contributed by atoms with Crippen molar-refractivity contribution in [3.8, 4) is 11.8 Å². The van der Waals surface area contributed by atoms with E-state index >= 15 is 0 Å². The van der Waals surface area contributed by atoms with Gasteiger partial charge in [0.25, 0.3) is 0 Å². The van der Waals surface area contributed by atoms with E-state index in [0.29, 0.717) is 12.3 Å². The lowest BCUT2D eigenvalue weighted by molar-refractivity contribution is -0.137. The fourth-order valence-corrected chi connectivity index (χ4v) is 5.51. The van der Waals surface area contributed by atoms with Crippen molar-refractivity contribution in [2.75, 3.05) is 19.0 Å². The number of ether oxygens (including phenoxy) is 3. The van der Waals surface area contributed by atoms with Gasteiger partial charge in [-0.3, -0.25) is 4.79 Å². The number of aromatic nitrogens is 2. The van der Waals surface area contributed by atoms with E-state index < -0.39 is 46.8 Å². The van der Waals surface area contributed by atoms with Crippen LogP contribution < -0.4 is 14.8 Å². The van der Waals surface area contributed by atoms with Crippen molar-refractivity contribution < 1.29 is 37.3 Å². The molecule has 0 aromatic carbocycles. The van der Waals surface area contributed by atoms with Gasteiger partial charge in [0, 0.05) is 30.2 Å². The SMILES string of the molecule is CCOc1cc(C(F)(F)F)cc(NC(=O)C23CC2(c2ccnc(OC)c2)C2OC3CC2O)n1. The molecule has 5 unspecified atom stereocenters. The molecule has 0 spiro atoms. The summed E-state index contributed by atoms with van der Waals surface area (Å²) in [5.74, 6) is -0.655. The summed E-state index contributed by atoms with van der Waals surface area (Å²) < 4.78 is 56.5. The lowest BCUT2D eigenvalue weighted by atomic mass is 9.74. The van der Waals surface area contributed by atoms with Crippen LogP contribution in [0, 0.1) is 5.41 Å². The molecule has 1 aliphatic carbocycles. The number of hydrogen-bond donors (Lipinski definition) is 2. The van der Waals surface area contributed by atoms with E-state index in [9.17, 15) is 23.1 Å². The Labute approximate surface area is 187 Å². The number of alkyl halides is 3. The minimum atomic E-state index is -4.64. The van der Waals surface area contributed by atoms with Crippen LogP contribution in [0.4, 0.5) is 19.0 Å². The molecule has 2 saturated heterocycles. The number of nitrogens with one attached hydrogen (secondary N) is 1. The van der Waals surface area contributed by atoms with Crippen LogP contribution in [0.1, 0.15) is 30.9 Å². The summed E-state index contributed by atoms with van der Waals surface area (Å²) in [5.41, 5.74) is -2.14. The number of anilines is 1. The molecule has 2 bridgehead atoms. The van der Waals surface area contributed by atoms with Crippen LogP contribution in [-0.2, 0) is 21.1 Å². The predicted molar refractivity (Wildman–Crippen MR) is 108 cm³/mol. The highest BCUT2D eigenvalue weighted by Gasteiger charge is 2.87. The first kappa shape index (κ1) is 21.9. The monoisotopic (exact) mass is 465 g/mol. The zero-order chi connectivity index (χ0) is 23.6. The largest absolute Gasteiger partial charge is 0.481 e. The molecule has 11 heteroatoms. The van der Waals surface area contributed by atoms with Gasteiger partial charge in [-0.25, -0.2) is 4.98 Å². The number of rotatable bonds is 6. The number of aliphatic hydroxyl groups excluding tert-OH is 1. The number of halogens is 3. The maximum atomic E-state index is 13.6. The standard InChI is InChI=1S/C22H22F3N3O5/c1-3-32-17-8-12(22(23,24)25)6-15(27-17)28-19(30)21-10-20(21,18-13(29)9-14(21)33-18)11-4-5-26-16(7-11)31-2/h4-8,13-14,18,29H,3,9-10H2,1-2H3,(H,27,28,30). The van der Waals surface area contributed by atoms with Crippen molar-refractivity contribution in [1.82, 2.24) is 9.97 Å². The van der Waals surface area contributed by atoms with Crippen molar-refractivity contribution in [3.05, 3.63) is 41.6 Å². The Morgan fingerprint density at radius 2 is 2.12 bits per heavy atom. The van der Waals surface area contributed by atoms with Gasteiger partial charge in [0.15, 0.2) is 0 Å². The molecule has 0 radical (unpaired) electrons. The molecule has 3 fully saturated rings. The van der Waals surface area contributed by atoms with E-state index in [2.05, 4.69) is 15.3 Å². The van der Waals surface area contributed by atoms with Gasteiger partial charge in [-0.1, -0.05) is 0 Å². The number of pyridine rings is 2. The van der Waals surface area contributed by atoms with Crippen LogP contribution in [-0.4, -0.2) is 53.0 Å². The minimum absolute atomic E-state index is 0.119. The minimum Gasteiger partial charge on any atom is -0.481 e. The van der Waals surface area contributed by atoms with E-state index in [1.54, 1.807) is 25.3 Å². The number of carbonyl (C=O) groups is 1. The second kappa shape index (κ2) is 7.29. The van der Waals surface area contributed by atoms with Gasteiger partial charge in [0.05, 0.1) is 43.0 Å². The summed E-state index contributed by atoms with van der Waals surface area (Å²) in [6, 6.07) is 5.00. The molecule has 176 valence electrons. The highest BCUT2D eigenvalue weighted by Crippen LogP contribution is 2.77. The summed E-state index contributed by atoms with van der Waals surface area (Å²) >= 11 is 0. The van der Waals surface area contributed by atoms with Crippen LogP contribution in [0.5, 0.6) is 11.8 Å². The lowest BCUT2D eigenvalue weighted by Crippen LogP contribution is -2.44. The molecule has 2 aliphatic heterocycles. The summed E-state index contributed by atoms with van der Waals surface area (Å²) in [4.78, 5) is 21.7. The van der Waals surface area contributed by atoms with Crippen LogP contribution in [0.2, 0.25) is 0 Å². The molecule has 2 aromatic heterocycles. The molecule has 2 aromatic rings. The average molecular weight is 465 g/mol. The van der Waals surface area contributed by atoms with Crippen molar-refractivity contribution in [2.45, 2.75) is 49.7 Å². The first-order chi connectivity index (χ1) is 15.7. The maximum absolute atomic E-state index is 13.6. The summed E-state index contributed by atoms with van der Waals surface area (Å²) in [5, 5.41) is 13.1. The van der Waals surface area contributed by atoms with Gasteiger partial charge in [-0.15, -0.1) is 0 Å². The molecule has 5 rings (SSSR count). The van der Waals surface area contributed by atoms with E-state index in [-0.39, 0.29) is 24.7 Å². The molecule has 2 N–H and O–H groups in total. The molecule has 1 amide bonds. The summed E-state index contributed by atoms with van der Waals surface area (Å²) in [7, 11) is 1.47. The maximum Gasteiger partial charge on any atom is 0.416 e. The number of nitrogens with zero attached hydrogens (tertiary/aromatic N) is 2. The van der Waals surface area contributed by atoms with E-state index in [1.165, 1.54) is 7.11 Å². The number of hydrogen-bond acceptors (Lipinski definition) is 7. The van der Waals surface area contributed by atoms with E-state index in [0.717, 1.165) is 17.7 Å². The normalized spacial score (nSPS) is 31.8. The zero-order valence-electron chi connectivity index (χ0n) is 17.8. The molecule has 8 nitrogen and oxygen atoms in total. The third-order valence-corrected chi connectivity index (χ3v) is 6.91. The molecular weight excluding hydrogens is 443 g/mol. The van der Waals surface area contributed by atoms with Gasteiger partial charge in [-0.2, -0.15) is 18.2 Å². The Morgan fingerprint density at radius 3 is 2.82 bits per heavy atom. The van der Waals surface area contributed by atoms with Gasteiger partial charge >= 0.3 is 6.18 Å². The Hall–Kier alpha value is -2.92. The van der Waals surface area contributed by atoms with Crippen LogP contribution >= 0.6 is 0 Å². The summed E-state index contributed by atoms with van der Waals surface area (Å²) in [6.07, 6.45) is -4.39. The van der Waals surface area contributed by atoms with Crippen LogP contribution in [0.15, 0.2) is 30.5 Å². The Balaban J connectivity index is 1.51. The van der Waals surface area contributed by atoms with E-state index in [4.69, 9.17) is 14.2 Å². The van der Waals surface area contributed by atoms with Gasteiger partial charge < -0.3 is 24.6 Å². The molecule has 1 saturated carbocycles. The van der Waals surface area contributed by atoms with Crippen molar-refractivity contribution in [3.63, 3.8) is 0 Å². The van der Waals surface area contributed by atoms with Crippen molar-refractivity contribution in [1.29, 1.82) is 0 Å². The third kappa shape index (κ3) is 3.09. The number of fused-ring (bicyclic) bond motifs is 5. The van der Waals surface area contributed by atoms with Crippen molar-refractivity contribution in [2.24, 2.45) is 5.41 Å². The quantitative estimate of drug-likeness (QED) is 0.676. The lowest BCUT2D eigenvalue weighted by Gasteiger charge is -2.29. The zero-order valence-corrected chi connectivity index (χ0v) is 17.8. The Kier molecular flexibility index (Phi) is 4.84. The van der Waals surface area contributed by atoms with Gasteiger partial charge in [0.2, 0.25) is 17.7 Å². The number of methoxy groups -OCH3 is 1. The molecule has 4 heterocycles. The molecule has 33 heavy (non-hydrogen) atoms. The molecule has 3 aliphatic rings. The predicted octanol–water partition coefficient (Wildman–Crippen LogP) is 2.70. The number of amides is 1. The highest BCUT2D eigenvalue weighted by molar-refractivity contribution is 6.00. The van der Waals surface area contributed by atoms with Crippen molar-refractivity contribution >= 4 is 11.7 Å². The fourth-order valence-electron chi connectivity index (χ4n) is 5.51. The van der Waals surface area contributed by atoms with Crippen LogP contribution in [0.25, 0.3) is 0 Å². The third-order valence-electron chi connectivity index (χ3n) is 6.91. The molecule has 5 atom stereocenters. The Morgan fingerprint density at radius 1 is 1.33 bits per heavy atom. The number of aliphatic hydroxyl groups is 1. The van der Waals surface area contributed by atoms with Gasteiger partial charge in [-0.05, 0) is 31.0 Å². The summed E-state index contributed by atoms with van der Waals surface area (Å²) in [6.45, 7) is 1.74. The average Bonchev–Trinajstić information content (AvgIpc) is 3.26. The second-order valence-corrected chi connectivity index (χ2v) is 8.52. The van der Waals surface area contributed by atoms with Gasteiger partial charge in [0.1, 0.15) is 5.82 Å². The number of carbonyl (C=O) groups excluding carboxylic acids is 1. The topological polar surface area (TPSA) is 103 Å². The van der Waals surface area contributed by atoms with E-state index in [1.807, 2.05) is 0 Å². The Bertz CT molecular complexity index is 1110. The fraction of sp³-hybridized carbons (Fsp3) is 0.500.